The molecule has 0 bridgehead atoms. The fourth-order valence-corrected chi connectivity index (χ4v) is 3.01. The molecule has 1 aliphatic heterocycles. The van der Waals surface area contributed by atoms with Gasteiger partial charge in [-0.2, -0.15) is 0 Å². The van der Waals surface area contributed by atoms with Gasteiger partial charge in [0.2, 0.25) is 0 Å². The number of ether oxygens (including phenoxy) is 1. The Hall–Kier alpha value is -1.31. The van der Waals surface area contributed by atoms with Gasteiger partial charge in [-0.05, 0) is 19.8 Å². The predicted molar refractivity (Wildman–Crippen MR) is 86.6 cm³/mol. The van der Waals surface area contributed by atoms with E-state index in [1.54, 1.807) is 6.92 Å². The summed E-state index contributed by atoms with van der Waals surface area (Å²) in [5.74, 6) is 0.720. The molecule has 1 aliphatic rings. The summed E-state index contributed by atoms with van der Waals surface area (Å²) in [6.45, 7) is 6.02. The zero-order valence-electron chi connectivity index (χ0n) is 13.7. The number of hydrogen-bond acceptors (Lipinski definition) is 5. The third-order valence-electron chi connectivity index (χ3n) is 3.77. The molecular formula is C14H27N3O4S. The SMILES string of the molecule is CCNC(=NCCS(=O)(=O)CC)N1CCC(C(=O)OC)CC1. The molecule has 0 atom stereocenters. The maximum absolute atomic E-state index is 11.5. The van der Waals surface area contributed by atoms with Crippen LogP contribution in [0.2, 0.25) is 0 Å². The lowest BCUT2D eigenvalue weighted by Gasteiger charge is -2.33. The number of nitrogens with one attached hydrogen (secondary N) is 1. The molecule has 1 N–H and O–H groups in total. The lowest BCUT2D eigenvalue weighted by Crippen LogP contribution is -2.46. The molecule has 0 aromatic carbocycles. The van der Waals surface area contributed by atoms with Crippen LogP contribution >= 0.6 is 0 Å². The van der Waals surface area contributed by atoms with Crippen molar-refractivity contribution < 1.29 is 17.9 Å². The van der Waals surface area contributed by atoms with Gasteiger partial charge in [0, 0.05) is 25.4 Å². The number of sulfone groups is 1. The van der Waals surface area contributed by atoms with Crippen molar-refractivity contribution in [2.75, 3.05) is 44.8 Å². The third kappa shape index (κ3) is 5.82. The smallest absolute Gasteiger partial charge is 0.308 e. The van der Waals surface area contributed by atoms with Crippen LogP contribution in [-0.4, -0.2) is 70.0 Å². The first-order valence-electron chi connectivity index (χ1n) is 7.75. The van der Waals surface area contributed by atoms with Crippen LogP contribution in [0.1, 0.15) is 26.7 Å². The average molecular weight is 333 g/mol. The Morgan fingerprint density at radius 3 is 2.45 bits per heavy atom. The third-order valence-corrected chi connectivity index (χ3v) is 5.45. The Kier molecular flexibility index (Phi) is 7.64. The molecule has 0 spiro atoms. The van der Waals surface area contributed by atoms with Gasteiger partial charge in [-0.1, -0.05) is 6.92 Å². The van der Waals surface area contributed by atoms with E-state index < -0.39 is 9.84 Å². The number of likely N-dealkylation sites (tertiary alicyclic amines) is 1. The monoisotopic (exact) mass is 333 g/mol. The molecule has 0 aromatic heterocycles. The lowest BCUT2D eigenvalue weighted by molar-refractivity contribution is -0.146. The van der Waals surface area contributed by atoms with Crippen LogP contribution in [-0.2, 0) is 19.4 Å². The summed E-state index contributed by atoms with van der Waals surface area (Å²) in [6, 6.07) is 0. The first-order valence-corrected chi connectivity index (χ1v) is 9.57. The van der Waals surface area contributed by atoms with Gasteiger partial charge < -0.3 is 15.0 Å². The van der Waals surface area contributed by atoms with E-state index in [2.05, 4.69) is 15.2 Å². The van der Waals surface area contributed by atoms with Crippen molar-refractivity contribution in [3.63, 3.8) is 0 Å². The van der Waals surface area contributed by atoms with Crippen LogP contribution in [0.3, 0.4) is 0 Å². The highest BCUT2D eigenvalue weighted by Gasteiger charge is 2.26. The van der Waals surface area contributed by atoms with E-state index in [-0.39, 0.29) is 29.9 Å². The van der Waals surface area contributed by atoms with E-state index in [1.165, 1.54) is 7.11 Å². The van der Waals surface area contributed by atoms with Crippen molar-refractivity contribution in [2.24, 2.45) is 10.9 Å². The molecule has 1 heterocycles. The predicted octanol–water partition coefficient (Wildman–Crippen LogP) is 0.272. The van der Waals surface area contributed by atoms with Gasteiger partial charge in [0.15, 0.2) is 15.8 Å². The number of carbonyl (C=O) groups is 1. The summed E-state index contributed by atoms with van der Waals surface area (Å²) in [6.07, 6.45) is 1.45. The molecule has 22 heavy (non-hydrogen) atoms. The standard InChI is InChI=1S/C14H27N3O4S/c1-4-15-14(16-8-11-22(19,20)5-2)17-9-6-12(7-10-17)13(18)21-3/h12H,4-11H2,1-3H3,(H,15,16). The summed E-state index contributed by atoms with van der Waals surface area (Å²) >= 11 is 0. The molecule has 1 rings (SSSR count). The first-order chi connectivity index (χ1) is 10.4. The van der Waals surface area contributed by atoms with E-state index in [0.29, 0.717) is 13.1 Å². The normalized spacial score (nSPS) is 17.4. The van der Waals surface area contributed by atoms with Crippen LogP contribution in [0.4, 0.5) is 0 Å². The van der Waals surface area contributed by atoms with Crippen molar-refractivity contribution >= 4 is 21.8 Å². The second kappa shape index (κ2) is 8.97. The number of esters is 1. The Bertz CT molecular complexity index is 482. The topological polar surface area (TPSA) is 88.1 Å². The maximum atomic E-state index is 11.5. The summed E-state index contributed by atoms with van der Waals surface area (Å²) in [7, 11) is -1.59. The van der Waals surface area contributed by atoms with E-state index >= 15 is 0 Å². The van der Waals surface area contributed by atoms with Gasteiger partial charge in [-0.15, -0.1) is 0 Å². The van der Waals surface area contributed by atoms with E-state index in [9.17, 15) is 13.2 Å². The number of carbonyl (C=O) groups excluding carboxylic acids is 1. The molecule has 0 amide bonds. The van der Waals surface area contributed by atoms with Crippen molar-refractivity contribution in [3.05, 3.63) is 0 Å². The maximum Gasteiger partial charge on any atom is 0.308 e. The minimum absolute atomic E-state index is 0.0513. The fourth-order valence-electron chi connectivity index (χ4n) is 2.35. The van der Waals surface area contributed by atoms with Crippen LogP contribution < -0.4 is 5.32 Å². The van der Waals surface area contributed by atoms with E-state index in [4.69, 9.17) is 4.74 Å². The summed E-state index contributed by atoms with van der Waals surface area (Å²) in [5.41, 5.74) is 0. The molecule has 1 saturated heterocycles. The van der Waals surface area contributed by atoms with Crippen molar-refractivity contribution in [1.29, 1.82) is 0 Å². The summed E-state index contributed by atoms with van der Waals surface area (Å²) in [5, 5.41) is 3.18. The van der Waals surface area contributed by atoms with Crippen molar-refractivity contribution in [3.8, 4) is 0 Å². The highest BCUT2D eigenvalue weighted by atomic mass is 32.2. The van der Waals surface area contributed by atoms with Crippen LogP contribution in [0, 0.1) is 5.92 Å². The second-order valence-electron chi connectivity index (χ2n) is 5.26. The number of methoxy groups -OCH3 is 1. The minimum atomic E-state index is -3.00. The van der Waals surface area contributed by atoms with Gasteiger partial charge >= 0.3 is 5.97 Å². The largest absolute Gasteiger partial charge is 0.469 e. The fraction of sp³-hybridized carbons (Fsp3) is 0.857. The van der Waals surface area contributed by atoms with Gasteiger partial charge in [-0.3, -0.25) is 9.79 Å². The van der Waals surface area contributed by atoms with Gasteiger partial charge in [0.25, 0.3) is 0 Å². The van der Waals surface area contributed by atoms with Gasteiger partial charge in [0.05, 0.1) is 25.3 Å². The number of guanidine groups is 1. The minimum Gasteiger partial charge on any atom is -0.469 e. The summed E-state index contributed by atoms with van der Waals surface area (Å²) in [4.78, 5) is 18.0. The van der Waals surface area contributed by atoms with Crippen molar-refractivity contribution in [2.45, 2.75) is 26.7 Å². The van der Waals surface area contributed by atoms with Gasteiger partial charge in [0.1, 0.15) is 0 Å². The zero-order valence-corrected chi connectivity index (χ0v) is 14.5. The Balaban J connectivity index is 2.59. The quantitative estimate of drug-likeness (QED) is 0.426. The van der Waals surface area contributed by atoms with E-state index in [0.717, 1.165) is 25.3 Å². The number of rotatable bonds is 6. The highest BCUT2D eigenvalue weighted by Crippen LogP contribution is 2.18. The molecule has 0 radical (unpaired) electrons. The Morgan fingerprint density at radius 1 is 1.32 bits per heavy atom. The summed E-state index contributed by atoms with van der Waals surface area (Å²) < 4.78 is 27.8. The Morgan fingerprint density at radius 2 is 1.95 bits per heavy atom. The zero-order chi connectivity index (χ0) is 16.6. The first kappa shape index (κ1) is 18.7. The lowest BCUT2D eigenvalue weighted by atomic mass is 9.97. The molecule has 0 aromatic rings. The molecule has 128 valence electrons. The Labute approximate surface area is 133 Å². The van der Waals surface area contributed by atoms with Crippen LogP contribution in [0.5, 0.6) is 0 Å². The number of piperidine rings is 1. The van der Waals surface area contributed by atoms with Gasteiger partial charge in [-0.25, -0.2) is 8.42 Å². The number of hydrogen-bond donors (Lipinski definition) is 1. The van der Waals surface area contributed by atoms with Crippen molar-refractivity contribution in [1.82, 2.24) is 10.2 Å². The second-order valence-corrected chi connectivity index (χ2v) is 7.73. The average Bonchev–Trinajstić information content (AvgIpc) is 2.53. The number of aliphatic imine (C=N–C) groups is 1. The molecule has 7 nitrogen and oxygen atoms in total. The van der Waals surface area contributed by atoms with Crippen LogP contribution in [0.15, 0.2) is 4.99 Å². The molecule has 1 fully saturated rings. The molecule has 8 heteroatoms. The molecule has 0 unspecified atom stereocenters. The molecule has 0 saturated carbocycles. The van der Waals surface area contributed by atoms with Crippen LogP contribution in [0.25, 0.3) is 0 Å². The molecule has 0 aliphatic carbocycles. The highest BCUT2D eigenvalue weighted by molar-refractivity contribution is 7.91. The number of nitrogens with zero attached hydrogens (tertiary/aromatic N) is 2. The molecular weight excluding hydrogens is 306 g/mol. The van der Waals surface area contributed by atoms with E-state index in [1.807, 2.05) is 6.92 Å².